The summed E-state index contributed by atoms with van der Waals surface area (Å²) >= 11 is 0. The molecule has 0 aromatic heterocycles. The zero-order chi connectivity index (χ0) is 25.3. The van der Waals surface area contributed by atoms with Crippen molar-refractivity contribution in [2.24, 2.45) is 0 Å². The topological polar surface area (TPSA) is 63.6 Å². The number of Topliss-reactive ketones (excluding diaryl/α,β-unsaturated/α-hetero) is 1. The lowest BCUT2D eigenvalue weighted by Crippen LogP contribution is -2.15. The first-order valence-electron chi connectivity index (χ1n) is 14.5. The van der Waals surface area contributed by atoms with Crippen LogP contribution in [0.3, 0.4) is 0 Å². The number of methoxy groups -OCH3 is 1. The molecule has 0 radical (unpaired) electrons. The van der Waals surface area contributed by atoms with Crippen LogP contribution in [-0.4, -0.2) is 30.1 Å². The van der Waals surface area contributed by atoms with Crippen molar-refractivity contribution in [3.63, 3.8) is 0 Å². The molecule has 1 N–H and O–H groups in total. The van der Waals surface area contributed by atoms with Crippen molar-refractivity contribution in [3.8, 4) is 0 Å². The van der Waals surface area contributed by atoms with Gasteiger partial charge in [-0.1, -0.05) is 116 Å². The zero-order valence-corrected chi connectivity index (χ0v) is 22.7. The van der Waals surface area contributed by atoms with Gasteiger partial charge in [0.25, 0.3) is 0 Å². The first kappa shape index (κ1) is 32.8. The number of ether oxygens (including phenoxy) is 1. The van der Waals surface area contributed by atoms with E-state index in [0.29, 0.717) is 12.8 Å². The molecule has 34 heavy (non-hydrogen) atoms. The fraction of sp³-hybridized carbons (Fsp3) is 0.867. The molecule has 1 atom stereocenters. The van der Waals surface area contributed by atoms with Gasteiger partial charge in [0.1, 0.15) is 5.78 Å². The van der Waals surface area contributed by atoms with E-state index in [2.05, 4.69) is 18.2 Å². The van der Waals surface area contributed by atoms with Crippen LogP contribution in [0.2, 0.25) is 0 Å². The van der Waals surface area contributed by atoms with Crippen LogP contribution in [0, 0.1) is 0 Å². The highest BCUT2D eigenvalue weighted by Crippen LogP contribution is 2.17. The van der Waals surface area contributed by atoms with Gasteiger partial charge in [-0.15, -0.1) is 0 Å². The van der Waals surface area contributed by atoms with Crippen LogP contribution in [0.25, 0.3) is 0 Å². The summed E-state index contributed by atoms with van der Waals surface area (Å²) in [7, 11) is 1.46. The molecule has 200 valence electrons. The minimum absolute atomic E-state index is 0.0808. The number of rotatable bonds is 26. The normalized spacial score (nSPS) is 12.0. The number of aliphatic hydroxyl groups excluding tert-OH is 1. The van der Waals surface area contributed by atoms with Crippen molar-refractivity contribution in [1.82, 2.24) is 0 Å². The molecule has 0 aliphatic heterocycles. The Kier molecular flexibility index (Phi) is 24.1. The van der Waals surface area contributed by atoms with Crippen molar-refractivity contribution in [2.75, 3.05) is 7.11 Å². The maximum atomic E-state index is 11.8. The Morgan fingerprint density at radius 3 is 1.41 bits per heavy atom. The number of hydrogen-bond donors (Lipinski definition) is 1. The van der Waals surface area contributed by atoms with Crippen LogP contribution in [0.4, 0.5) is 0 Å². The Labute approximate surface area is 211 Å². The molecule has 4 nitrogen and oxygen atoms in total. The van der Waals surface area contributed by atoms with Crippen molar-refractivity contribution in [1.29, 1.82) is 0 Å². The van der Waals surface area contributed by atoms with E-state index in [-0.39, 0.29) is 18.2 Å². The van der Waals surface area contributed by atoms with Gasteiger partial charge in [0.2, 0.25) is 0 Å². The van der Waals surface area contributed by atoms with Gasteiger partial charge in [-0.25, -0.2) is 0 Å². The molecule has 4 heteroatoms. The summed E-state index contributed by atoms with van der Waals surface area (Å²) in [5.74, 6) is 0.0821. The number of carbonyl (C=O) groups excluding carboxylic acids is 2. The van der Waals surface area contributed by atoms with E-state index in [1.165, 1.54) is 97.0 Å². The third-order valence-corrected chi connectivity index (χ3v) is 6.81. The third-order valence-electron chi connectivity index (χ3n) is 6.81. The summed E-state index contributed by atoms with van der Waals surface area (Å²) in [5, 5.41) is 10.1. The number of carbonyl (C=O) groups is 2. The summed E-state index contributed by atoms with van der Waals surface area (Å²) in [6.07, 6.45) is 25.3. The Bertz CT molecular complexity index is 500. The molecule has 0 bridgehead atoms. The Morgan fingerprint density at radius 2 is 1.03 bits per heavy atom. The lowest BCUT2D eigenvalue weighted by molar-refractivity contribution is -0.140. The molecule has 0 aliphatic carbocycles. The van der Waals surface area contributed by atoms with Crippen molar-refractivity contribution >= 4 is 11.8 Å². The van der Waals surface area contributed by atoms with Crippen molar-refractivity contribution < 1.29 is 19.4 Å². The fourth-order valence-corrected chi connectivity index (χ4v) is 4.38. The lowest BCUT2D eigenvalue weighted by Gasteiger charge is -2.13. The van der Waals surface area contributed by atoms with E-state index in [0.717, 1.165) is 44.1 Å². The Morgan fingerprint density at radius 1 is 0.647 bits per heavy atom. The largest absolute Gasteiger partial charge is 0.469 e. The van der Waals surface area contributed by atoms with E-state index in [9.17, 15) is 14.7 Å². The van der Waals surface area contributed by atoms with E-state index >= 15 is 0 Å². The SMILES string of the molecule is C=C(CCCCCCCCCCCCCCCCCCCC(=O)OC)C(O)CC(=O)CCCC. The number of hydrogen-bond acceptors (Lipinski definition) is 4. The van der Waals surface area contributed by atoms with E-state index < -0.39 is 6.10 Å². The maximum Gasteiger partial charge on any atom is 0.305 e. The zero-order valence-electron chi connectivity index (χ0n) is 22.7. The van der Waals surface area contributed by atoms with Crippen LogP contribution in [0.15, 0.2) is 12.2 Å². The molecule has 0 amide bonds. The van der Waals surface area contributed by atoms with Gasteiger partial charge >= 0.3 is 5.97 Å². The summed E-state index contributed by atoms with van der Waals surface area (Å²) in [6, 6.07) is 0. The van der Waals surface area contributed by atoms with E-state index in [1.807, 2.05) is 0 Å². The summed E-state index contributed by atoms with van der Waals surface area (Å²) in [4.78, 5) is 22.8. The highest BCUT2D eigenvalue weighted by Gasteiger charge is 2.13. The number of ketones is 1. The second kappa shape index (κ2) is 24.9. The van der Waals surface area contributed by atoms with Crippen molar-refractivity contribution in [3.05, 3.63) is 12.2 Å². The highest BCUT2D eigenvalue weighted by atomic mass is 16.5. The van der Waals surface area contributed by atoms with Gasteiger partial charge in [0.05, 0.1) is 13.2 Å². The first-order chi connectivity index (χ1) is 16.5. The average molecular weight is 481 g/mol. The number of esters is 1. The fourth-order valence-electron chi connectivity index (χ4n) is 4.38. The second-order valence-electron chi connectivity index (χ2n) is 10.1. The lowest BCUT2D eigenvalue weighted by atomic mass is 9.98. The van der Waals surface area contributed by atoms with Crippen LogP contribution in [-0.2, 0) is 14.3 Å². The van der Waals surface area contributed by atoms with Gasteiger partial charge in [-0.2, -0.15) is 0 Å². The molecule has 0 aromatic rings. The molecule has 0 spiro atoms. The minimum atomic E-state index is -0.645. The quantitative estimate of drug-likeness (QED) is 0.0764. The molecule has 1 unspecified atom stereocenters. The van der Waals surface area contributed by atoms with Crippen molar-refractivity contribution in [2.45, 2.75) is 161 Å². The smallest absolute Gasteiger partial charge is 0.305 e. The summed E-state index contributed by atoms with van der Waals surface area (Å²) in [5.41, 5.74) is 0.834. The molecular formula is C30H56O4. The van der Waals surface area contributed by atoms with Crippen LogP contribution >= 0.6 is 0 Å². The molecule has 0 saturated carbocycles. The molecular weight excluding hydrogens is 424 g/mol. The van der Waals surface area contributed by atoms with E-state index in [4.69, 9.17) is 0 Å². The van der Waals surface area contributed by atoms with Crippen LogP contribution in [0.5, 0.6) is 0 Å². The predicted molar refractivity (Wildman–Crippen MR) is 144 cm³/mol. The second-order valence-corrected chi connectivity index (χ2v) is 10.1. The van der Waals surface area contributed by atoms with Gasteiger partial charge in [-0.05, 0) is 31.3 Å². The molecule has 0 heterocycles. The van der Waals surface area contributed by atoms with Gasteiger partial charge < -0.3 is 9.84 Å². The average Bonchev–Trinajstić information content (AvgIpc) is 2.83. The molecule has 0 aliphatic rings. The van der Waals surface area contributed by atoms with Gasteiger partial charge in [0.15, 0.2) is 0 Å². The standard InChI is InChI=1S/C30H56O4/c1-4-5-24-28(31)26-29(32)27(2)23-21-19-17-15-13-11-9-7-6-8-10-12-14-16-18-20-22-25-30(33)34-3/h29,32H,2,4-26H2,1,3H3. The predicted octanol–water partition coefficient (Wildman–Crippen LogP) is 8.64. The number of aliphatic hydroxyl groups is 1. The third kappa shape index (κ3) is 22.6. The monoisotopic (exact) mass is 480 g/mol. The van der Waals surface area contributed by atoms with E-state index in [1.54, 1.807) is 0 Å². The number of unbranched alkanes of at least 4 members (excludes halogenated alkanes) is 17. The maximum absolute atomic E-state index is 11.8. The van der Waals surface area contributed by atoms with Crippen LogP contribution in [0.1, 0.15) is 155 Å². The van der Waals surface area contributed by atoms with Crippen LogP contribution < -0.4 is 0 Å². The first-order valence-corrected chi connectivity index (χ1v) is 14.5. The molecule has 0 aromatic carbocycles. The minimum Gasteiger partial charge on any atom is -0.469 e. The molecule has 0 saturated heterocycles. The van der Waals surface area contributed by atoms with Gasteiger partial charge in [0, 0.05) is 19.3 Å². The summed E-state index contributed by atoms with van der Waals surface area (Å²) < 4.78 is 4.66. The van der Waals surface area contributed by atoms with Gasteiger partial charge in [-0.3, -0.25) is 9.59 Å². The Balaban J connectivity index is 3.28. The molecule has 0 rings (SSSR count). The molecule has 0 fully saturated rings. The Hall–Kier alpha value is -1.16. The highest BCUT2D eigenvalue weighted by molar-refractivity contribution is 5.79. The summed E-state index contributed by atoms with van der Waals surface area (Å²) in [6.45, 7) is 6.07.